The van der Waals surface area contributed by atoms with Crippen molar-refractivity contribution < 1.29 is 14.7 Å². The topological polar surface area (TPSA) is 54.4 Å². The van der Waals surface area contributed by atoms with Crippen molar-refractivity contribution in [2.45, 2.75) is 18.8 Å². The molecule has 0 saturated heterocycles. The van der Waals surface area contributed by atoms with Crippen LogP contribution in [-0.4, -0.2) is 16.9 Å². The lowest BCUT2D eigenvalue weighted by Gasteiger charge is -2.19. The van der Waals surface area contributed by atoms with Crippen LogP contribution in [0, 0.1) is 0 Å². The SMILES string of the molecule is O=C(O)C1=CCC(c2ccccc2)CC1=O. The number of Topliss-reactive ketones (excluding diaryl/α,β-unsaturated/α-hetero) is 1. The highest BCUT2D eigenvalue weighted by Gasteiger charge is 2.26. The van der Waals surface area contributed by atoms with Crippen molar-refractivity contribution >= 4 is 11.8 Å². The molecule has 0 saturated carbocycles. The number of hydrogen-bond acceptors (Lipinski definition) is 2. The number of carbonyl (C=O) groups is 2. The van der Waals surface area contributed by atoms with Gasteiger partial charge in [-0.15, -0.1) is 0 Å². The lowest BCUT2D eigenvalue weighted by atomic mass is 9.84. The number of rotatable bonds is 2. The van der Waals surface area contributed by atoms with Crippen LogP contribution in [0.25, 0.3) is 0 Å². The van der Waals surface area contributed by atoms with E-state index in [9.17, 15) is 9.59 Å². The number of aliphatic carboxylic acids is 1. The Balaban J connectivity index is 2.20. The van der Waals surface area contributed by atoms with Crippen molar-refractivity contribution in [2.24, 2.45) is 0 Å². The lowest BCUT2D eigenvalue weighted by molar-refractivity contribution is -0.134. The summed E-state index contributed by atoms with van der Waals surface area (Å²) < 4.78 is 0. The highest BCUT2D eigenvalue weighted by atomic mass is 16.4. The normalized spacial score (nSPS) is 20.4. The summed E-state index contributed by atoms with van der Waals surface area (Å²) in [5.74, 6) is -1.26. The molecule has 0 bridgehead atoms. The average molecular weight is 216 g/mol. The number of allylic oxidation sites excluding steroid dienone is 1. The molecular weight excluding hydrogens is 204 g/mol. The first-order chi connectivity index (χ1) is 7.68. The maximum atomic E-state index is 11.6. The molecule has 0 fully saturated rings. The van der Waals surface area contributed by atoms with Gasteiger partial charge in [0.05, 0.1) is 5.57 Å². The third-order valence-electron chi connectivity index (χ3n) is 2.84. The Morgan fingerprint density at radius 3 is 2.50 bits per heavy atom. The van der Waals surface area contributed by atoms with E-state index in [1.807, 2.05) is 30.3 Å². The number of carboxylic acid groups (broad SMARTS) is 1. The van der Waals surface area contributed by atoms with Crippen LogP contribution in [0.4, 0.5) is 0 Å². The largest absolute Gasteiger partial charge is 0.478 e. The first kappa shape index (κ1) is 10.6. The highest BCUT2D eigenvalue weighted by Crippen LogP contribution is 2.29. The zero-order chi connectivity index (χ0) is 11.5. The second-order valence-electron chi connectivity index (χ2n) is 3.89. The van der Waals surface area contributed by atoms with Crippen LogP contribution in [0.3, 0.4) is 0 Å². The van der Waals surface area contributed by atoms with E-state index < -0.39 is 5.97 Å². The Labute approximate surface area is 93.4 Å². The van der Waals surface area contributed by atoms with Crippen LogP contribution in [-0.2, 0) is 9.59 Å². The van der Waals surface area contributed by atoms with Gasteiger partial charge in [-0.25, -0.2) is 4.79 Å². The predicted molar refractivity (Wildman–Crippen MR) is 59.1 cm³/mol. The van der Waals surface area contributed by atoms with Crippen LogP contribution in [0.1, 0.15) is 24.3 Å². The summed E-state index contributed by atoms with van der Waals surface area (Å²) >= 11 is 0. The fourth-order valence-corrected chi connectivity index (χ4v) is 1.98. The van der Waals surface area contributed by atoms with Crippen LogP contribution >= 0.6 is 0 Å². The van der Waals surface area contributed by atoms with Gasteiger partial charge in [0.15, 0.2) is 5.78 Å². The van der Waals surface area contributed by atoms with Gasteiger partial charge < -0.3 is 5.11 Å². The Morgan fingerprint density at radius 2 is 1.94 bits per heavy atom. The molecule has 1 unspecified atom stereocenters. The summed E-state index contributed by atoms with van der Waals surface area (Å²) in [5, 5.41) is 8.78. The Hall–Kier alpha value is -1.90. The molecule has 0 spiro atoms. The van der Waals surface area contributed by atoms with E-state index in [1.54, 1.807) is 0 Å². The van der Waals surface area contributed by atoms with Crippen molar-refractivity contribution in [1.82, 2.24) is 0 Å². The molecule has 1 N–H and O–H groups in total. The molecule has 82 valence electrons. The van der Waals surface area contributed by atoms with Gasteiger partial charge in [0.2, 0.25) is 0 Å². The summed E-state index contributed by atoms with van der Waals surface area (Å²) in [6, 6.07) is 9.72. The first-order valence-electron chi connectivity index (χ1n) is 5.20. The van der Waals surface area contributed by atoms with E-state index in [1.165, 1.54) is 6.08 Å². The molecule has 16 heavy (non-hydrogen) atoms. The molecule has 1 atom stereocenters. The van der Waals surface area contributed by atoms with Gasteiger partial charge in [0.25, 0.3) is 0 Å². The van der Waals surface area contributed by atoms with Crippen LogP contribution in [0.5, 0.6) is 0 Å². The van der Waals surface area contributed by atoms with Crippen molar-refractivity contribution in [2.75, 3.05) is 0 Å². The molecule has 0 heterocycles. The molecule has 0 radical (unpaired) electrons. The molecular formula is C13H12O3. The molecule has 0 aliphatic heterocycles. The van der Waals surface area contributed by atoms with Crippen molar-refractivity contribution in [3.05, 3.63) is 47.5 Å². The number of carbonyl (C=O) groups excluding carboxylic acids is 1. The van der Waals surface area contributed by atoms with E-state index in [0.717, 1.165) is 5.56 Å². The quantitative estimate of drug-likeness (QED) is 0.770. The summed E-state index contributed by atoms with van der Waals surface area (Å²) in [7, 11) is 0. The standard InChI is InChI=1S/C13H12O3/c14-12-8-10(6-7-11(12)13(15)16)9-4-2-1-3-5-9/h1-5,7,10H,6,8H2,(H,15,16). The minimum atomic E-state index is -1.11. The molecule has 2 rings (SSSR count). The predicted octanol–water partition coefficient (Wildman–Crippen LogP) is 2.14. The molecule has 0 amide bonds. The third kappa shape index (κ3) is 2.03. The minimum absolute atomic E-state index is 0.0628. The summed E-state index contributed by atoms with van der Waals surface area (Å²) in [6.45, 7) is 0. The van der Waals surface area contributed by atoms with E-state index in [2.05, 4.69) is 0 Å². The zero-order valence-electron chi connectivity index (χ0n) is 8.72. The van der Waals surface area contributed by atoms with Gasteiger partial charge in [-0.2, -0.15) is 0 Å². The maximum Gasteiger partial charge on any atom is 0.338 e. The Morgan fingerprint density at radius 1 is 1.25 bits per heavy atom. The van der Waals surface area contributed by atoms with E-state index >= 15 is 0 Å². The van der Waals surface area contributed by atoms with Gasteiger partial charge in [-0.05, 0) is 17.9 Å². The summed E-state index contributed by atoms with van der Waals surface area (Å²) in [5.41, 5.74) is 1.03. The minimum Gasteiger partial charge on any atom is -0.478 e. The fraction of sp³-hybridized carbons (Fsp3) is 0.231. The van der Waals surface area contributed by atoms with Crippen molar-refractivity contribution in [3.63, 3.8) is 0 Å². The molecule has 1 aliphatic carbocycles. The van der Waals surface area contributed by atoms with Crippen LogP contribution in [0.15, 0.2) is 42.0 Å². The molecule has 3 nitrogen and oxygen atoms in total. The fourth-order valence-electron chi connectivity index (χ4n) is 1.98. The lowest BCUT2D eigenvalue weighted by Crippen LogP contribution is -2.19. The molecule has 0 aromatic heterocycles. The molecule has 3 heteroatoms. The van der Waals surface area contributed by atoms with E-state index in [0.29, 0.717) is 12.8 Å². The van der Waals surface area contributed by atoms with Crippen molar-refractivity contribution in [1.29, 1.82) is 0 Å². The molecule has 1 aromatic rings. The van der Waals surface area contributed by atoms with Gasteiger partial charge >= 0.3 is 5.97 Å². The van der Waals surface area contributed by atoms with Crippen LogP contribution < -0.4 is 0 Å². The first-order valence-corrected chi connectivity index (χ1v) is 5.20. The van der Waals surface area contributed by atoms with Gasteiger partial charge in [0.1, 0.15) is 0 Å². The van der Waals surface area contributed by atoms with Gasteiger partial charge in [-0.3, -0.25) is 4.79 Å². The molecule has 1 aliphatic rings. The third-order valence-corrected chi connectivity index (χ3v) is 2.84. The number of carboxylic acids is 1. The average Bonchev–Trinajstić information content (AvgIpc) is 2.29. The Kier molecular flexibility index (Phi) is 2.86. The van der Waals surface area contributed by atoms with E-state index in [-0.39, 0.29) is 17.3 Å². The number of benzene rings is 1. The monoisotopic (exact) mass is 216 g/mol. The van der Waals surface area contributed by atoms with Crippen molar-refractivity contribution in [3.8, 4) is 0 Å². The zero-order valence-corrected chi connectivity index (χ0v) is 8.72. The maximum absolute atomic E-state index is 11.6. The highest BCUT2D eigenvalue weighted by molar-refractivity contribution is 6.17. The van der Waals surface area contributed by atoms with Gasteiger partial charge in [0, 0.05) is 6.42 Å². The van der Waals surface area contributed by atoms with E-state index in [4.69, 9.17) is 5.11 Å². The summed E-state index contributed by atoms with van der Waals surface area (Å²) in [4.78, 5) is 22.3. The smallest absolute Gasteiger partial charge is 0.338 e. The van der Waals surface area contributed by atoms with Crippen LogP contribution in [0.2, 0.25) is 0 Å². The second-order valence-corrected chi connectivity index (χ2v) is 3.89. The second kappa shape index (κ2) is 4.31. The summed E-state index contributed by atoms with van der Waals surface area (Å²) in [6.07, 6.45) is 2.45. The van der Waals surface area contributed by atoms with Gasteiger partial charge in [-0.1, -0.05) is 36.4 Å². The molecule has 1 aromatic carbocycles. The Bertz CT molecular complexity index is 446. The number of hydrogen-bond donors (Lipinski definition) is 1. The number of ketones is 1.